The second kappa shape index (κ2) is 9.27. The predicted octanol–water partition coefficient (Wildman–Crippen LogP) is 2.93. The highest BCUT2D eigenvalue weighted by Crippen LogP contribution is 2.19. The van der Waals surface area contributed by atoms with Crippen LogP contribution in [-0.2, 0) is 4.74 Å². The van der Waals surface area contributed by atoms with E-state index in [1.807, 2.05) is 29.2 Å². The van der Waals surface area contributed by atoms with E-state index >= 15 is 0 Å². The van der Waals surface area contributed by atoms with E-state index in [4.69, 9.17) is 9.47 Å². The van der Waals surface area contributed by atoms with E-state index in [9.17, 15) is 4.39 Å². The van der Waals surface area contributed by atoms with Crippen LogP contribution in [0.5, 0.6) is 5.75 Å². The van der Waals surface area contributed by atoms with Crippen LogP contribution in [0.15, 0.2) is 35.6 Å². The fourth-order valence-electron chi connectivity index (χ4n) is 2.54. The number of hydrazone groups is 1. The molecule has 0 radical (unpaired) electrons. The minimum absolute atomic E-state index is 0.231. The summed E-state index contributed by atoms with van der Waals surface area (Å²) in [5.74, 6) is 1.21. The predicted molar refractivity (Wildman–Crippen MR) is 103 cm³/mol. The van der Waals surface area contributed by atoms with Gasteiger partial charge in [0.1, 0.15) is 5.75 Å². The van der Waals surface area contributed by atoms with Crippen LogP contribution in [-0.4, -0.2) is 49.1 Å². The molecule has 1 aromatic heterocycles. The molecule has 1 saturated heterocycles. The Hall–Kier alpha value is -2.74. The van der Waals surface area contributed by atoms with Gasteiger partial charge >= 0.3 is 0 Å². The van der Waals surface area contributed by atoms with E-state index < -0.39 is 5.82 Å². The summed E-state index contributed by atoms with van der Waals surface area (Å²) in [4.78, 5) is 10.0. The lowest BCUT2D eigenvalue weighted by Crippen LogP contribution is -2.37. The van der Waals surface area contributed by atoms with Crippen LogP contribution in [0.25, 0.3) is 0 Å². The molecule has 27 heavy (non-hydrogen) atoms. The SMILES string of the molecule is CC(C)COc1ccccc1/C=N/Nc1ncc(F)c(N2CCOCC2)n1. The van der Waals surface area contributed by atoms with Gasteiger partial charge in [-0.15, -0.1) is 0 Å². The fourth-order valence-corrected chi connectivity index (χ4v) is 2.54. The number of morpholine rings is 1. The zero-order chi connectivity index (χ0) is 19.1. The highest BCUT2D eigenvalue weighted by Gasteiger charge is 2.17. The highest BCUT2D eigenvalue weighted by atomic mass is 19.1. The Labute approximate surface area is 158 Å². The topological polar surface area (TPSA) is 71.9 Å². The first kappa shape index (κ1) is 19.0. The lowest BCUT2D eigenvalue weighted by Gasteiger charge is -2.27. The molecule has 3 rings (SSSR count). The molecule has 1 aliphatic rings. The molecule has 0 bridgehead atoms. The molecule has 144 valence electrons. The first-order valence-electron chi connectivity index (χ1n) is 8.99. The molecule has 0 aliphatic carbocycles. The third kappa shape index (κ3) is 5.37. The number of ether oxygens (including phenoxy) is 2. The molecule has 2 heterocycles. The third-order valence-corrected chi connectivity index (χ3v) is 3.90. The summed E-state index contributed by atoms with van der Waals surface area (Å²) in [6.45, 7) is 7.11. The van der Waals surface area contributed by atoms with Gasteiger partial charge in [-0.1, -0.05) is 26.0 Å². The van der Waals surface area contributed by atoms with Gasteiger partial charge in [-0.25, -0.2) is 14.8 Å². The number of rotatable bonds is 7. The van der Waals surface area contributed by atoms with Crippen molar-refractivity contribution in [3.05, 3.63) is 41.8 Å². The van der Waals surface area contributed by atoms with Gasteiger partial charge in [0.15, 0.2) is 11.6 Å². The van der Waals surface area contributed by atoms with Gasteiger partial charge < -0.3 is 14.4 Å². The Bertz CT molecular complexity index is 778. The van der Waals surface area contributed by atoms with Crippen molar-refractivity contribution >= 4 is 18.0 Å². The van der Waals surface area contributed by atoms with Gasteiger partial charge in [-0.2, -0.15) is 10.1 Å². The van der Waals surface area contributed by atoms with Crippen LogP contribution in [0.1, 0.15) is 19.4 Å². The number of anilines is 2. The summed E-state index contributed by atoms with van der Waals surface area (Å²) in [5, 5.41) is 4.17. The van der Waals surface area contributed by atoms with Crippen molar-refractivity contribution in [2.45, 2.75) is 13.8 Å². The van der Waals surface area contributed by atoms with E-state index in [1.54, 1.807) is 6.21 Å². The molecule has 1 aromatic carbocycles. The number of nitrogens with one attached hydrogen (secondary N) is 1. The van der Waals surface area contributed by atoms with Crippen LogP contribution < -0.4 is 15.1 Å². The standard InChI is InChI=1S/C19H24FN5O2/c1-14(2)13-27-17-6-4-3-5-15(17)11-22-24-19-21-12-16(20)18(23-19)25-7-9-26-10-8-25/h3-6,11-12,14H,7-10,13H2,1-2H3,(H,21,23,24)/b22-11+. The summed E-state index contributed by atoms with van der Waals surface area (Å²) >= 11 is 0. The lowest BCUT2D eigenvalue weighted by molar-refractivity contribution is 0.122. The van der Waals surface area contributed by atoms with Crippen molar-refractivity contribution in [1.29, 1.82) is 0 Å². The zero-order valence-electron chi connectivity index (χ0n) is 15.6. The van der Waals surface area contributed by atoms with Gasteiger partial charge in [0.05, 0.1) is 32.2 Å². The lowest BCUT2D eigenvalue weighted by atomic mass is 10.2. The van der Waals surface area contributed by atoms with Gasteiger partial charge in [-0.05, 0) is 18.1 Å². The summed E-state index contributed by atoms with van der Waals surface area (Å²) in [7, 11) is 0. The molecule has 0 spiro atoms. The summed E-state index contributed by atoms with van der Waals surface area (Å²) < 4.78 is 25.1. The Kier molecular flexibility index (Phi) is 6.54. The second-order valence-corrected chi connectivity index (χ2v) is 6.58. The van der Waals surface area contributed by atoms with Crippen molar-refractivity contribution in [2.75, 3.05) is 43.2 Å². The fraction of sp³-hybridized carbons (Fsp3) is 0.421. The third-order valence-electron chi connectivity index (χ3n) is 3.90. The molecule has 0 amide bonds. The molecule has 0 saturated carbocycles. The average molecular weight is 373 g/mol. The second-order valence-electron chi connectivity index (χ2n) is 6.58. The minimum Gasteiger partial charge on any atom is -0.493 e. The smallest absolute Gasteiger partial charge is 0.245 e. The Balaban J connectivity index is 1.68. The number of nitrogens with zero attached hydrogens (tertiary/aromatic N) is 4. The normalized spacial score (nSPS) is 14.7. The van der Waals surface area contributed by atoms with Crippen molar-refractivity contribution in [1.82, 2.24) is 9.97 Å². The van der Waals surface area contributed by atoms with Crippen LogP contribution in [0.4, 0.5) is 16.2 Å². The molecular weight excluding hydrogens is 349 g/mol. The van der Waals surface area contributed by atoms with E-state index in [0.717, 1.165) is 17.5 Å². The van der Waals surface area contributed by atoms with Crippen LogP contribution >= 0.6 is 0 Å². The van der Waals surface area contributed by atoms with E-state index in [0.29, 0.717) is 38.8 Å². The van der Waals surface area contributed by atoms with Gasteiger partial charge in [-0.3, -0.25) is 0 Å². The van der Waals surface area contributed by atoms with Gasteiger partial charge in [0.2, 0.25) is 5.95 Å². The highest BCUT2D eigenvalue weighted by molar-refractivity contribution is 5.83. The maximum atomic E-state index is 14.1. The van der Waals surface area contributed by atoms with Crippen molar-refractivity contribution < 1.29 is 13.9 Å². The Morgan fingerprint density at radius 3 is 2.89 bits per heavy atom. The zero-order valence-corrected chi connectivity index (χ0v) is 15.6. The summed E-state index contributed by atoms with van der Waals surface area (Å²) in [5.41, 5.74) is 3.59. The molecular formula is C19H24FN5O2. The molecule has 1 N–H and O–H groups in total. The molecule has 1 fully saturated rings. The van der Waals surface area contributed by atoms with E-state index in [2.05, 4.69) is 34.3 Å². The number of hydrogen-bond donors (Lipinski definition) is 1. The number of aromatic nitrogens is 2. The number of benzene rings is 1. The number of para-hydroxylation sites is 1. The van der Waals surface area contributed by atoms with E-state index in [-0.39, 0.29) is 11.8 Å². The largest absolute Gasteiger partial charge is 0.493 e. The maximum absolute atomic E-state index is 14.1. The molecule has 8 heteroatoms. The molecule has 0 unspecified atom stereocenters. The molecule has 7 nitrogen and oxygen atoms in total. The minimum atomic E-state index is -0.459. The van der Waals surface area contributed by atoms with Crippen molar-refractivity contribution in [3.8, 4) is 5.75 Å². The Morgan fingerprint density at radius 2 is 2.11 bits per heavy atom. The Morgan fingerprint density at radius 1 is 1.33 bits per heavy atom. The first-order valence-corrected chi connectivity index (χ1v) is 8.99. The summed E-state index contributed by atoms with van der Waals surface area (Å²) in [6, 6.07) is 7.63. The van der Waals surface area contributed by atoms with Crippen LogP contribution in [0.3, 0.4) is 0 Å². The number of hydrogen-bond acceptors (Lipinski definition) is 7. The molecule has 0 atom stereocenters. The quantitative estimate of drug-likeness (QED) is 0.594. The maximum Gasteiger partial charge on any atom is 0.245 e. The number of halogens is 1. The van der Waals surface area contributed by atoms with Crippen molar-refractivity contribution in [3.63, 3.8) is 0 Å². The van der Waals surface area contributed by atoms with Gasteiger partial charge in [0, 0.05) is 18.7 Å². The molecule has 2 aromatic rings. The van der Waals surface area contributed by atoms with Crippen molar-refractivity contribution in [2.24, 2.45) is 11.0 Å². The van der Waals surface area contributed by atoms with Gasteiger partial charge in [0.25, 0.3) is 0 Å². The molecule has 1 aliphatic heterocycles. The van der Waals surface area contributed by atoms with Crippen LogP contribution in [0.2, 0.25) is 0 Å². The first-order chi connectivity index (χ1) is 13.1. The summed E-state index contributed by atoms with van der Waals surface area (Å²) in [6.07, 6.45) is 2.78. The van der Waals surface area contributed by atoms with Crippen LogP contribution in [0, 0.1) is 11.7 Å². The average Bonchev–Trinajstić information content (AvgIpc) is 2.69. The monoisotopic (exact) mass is 373 g/mol. The van der Waals surface area contributed by atoms with E-state index in [1.165, 1.54) is 0 Å².